The third-order valence-corrected chi connectivity index (χ3v) is 1.47. The minimum atomic E-state index is -0.547. The van der Waals surface area contributed by atoms with E-state index in [9.17, 15) is 10.1 Å². The Morgan fingerprint density at radius 3 is 3.13 bits per heavy atom. The van der Waals surface area contributed by atoms with Crippen LogP contribution in [0.3, 0.4) is 0 Å². The lowest BCUT2D eigenvalue weighted by Crippen LogP contribution is -2.24. The van der Waals surface area contributed by atoms with Crippen LogP contribution in [0.4, 0.5) is 5.69 Å². The van der Waals surface area contributed by atoms with E-state index < -0.39 is 4.92 Å². The number of nitrogens with zero attached hydrogens (tertiary/aromatic N) is 3. The van der Waals surface area contributed by atoms with Gasteiger partial charge in [-0.2, -0.15) is 5.10 Å². The van der Waals surface area contributed by atoms with E-state index in [1.54, 1.807) is 0 Å². The van der Waals surface area contributed by atoms with Crippen LogP contribution in [0.2, 0.25) is 0 Å². The molecule has 0 radical (unpaired) electrons. The topological polar surface area (TPSA) is 106 Å². The summed E-state index contributed by atoms with van der Waals surface area (Å²) in [6, 6.07) is 2.80. The molecule has 1 rings (SSSR count). The van der Waals surface area contributed by atoms with E-state index in [0.717, 1.165) is 0 Å². The molecule has 0 saturated carbocycles. The van der Waals surface area contributed by atoms with Crippen LogP contribution < -0.4 is 11.2 Å². The smallest absolute Gasteiger partial charge is 0.296 e. The second-order valence-corrected chi connectivity index (χ2v) is 2.84. The Morgan fingerprint density at radius 2 is 2.53 bits per heavy atom. The van der Waals surface area contributed by atoms with Crippen molar-refractivity contribution >= 4 is 29.2 Å². The van der Waals surface area contributed by atoms with Crippen molar-refractivity contribution in [3.63, 3.8) is 0 Å². The predicted molar refractivity (Wildman–Crippen MR) is 58.4 cm³/mol. The minimum absolute atomic E-state index is 0.0233. The quantitative estimate of drug-likeness (QED) is 0.328. The number of aromatic nitrogens is 1. The molecule has 0 aliphatic heterocycles. The number of hydrazone groups is 1. The van der Waals surface area contributed by atoms with Crippen LogP contribution in [-0.4, -0.2) is 21.2 Å². The number of nitrogens with one attached hydrogen (secondary N) is 1. The predicted octanol–water partition coefficient (Wildman–Crippen LogP) is 0.157. The Bertz CT molecular complexity index is 420. The molecule has 78 valence electrons. The molecule has 7 nitrogen and oxygen atoms in total. The molecule has 0 bridgehead atoms. The molecule has 0 aliphatic rings. The molecule has 1 heterocycles. The third kappa shape index (κ3) is 3.27. The molecule has 0 aromatic carbocycles. The summed E-state index contributed by atoms with van der Waals surface area (Å²) in [6.45, 7) is 0. The van der Waals surface area contributed by atoms with E-state index in [2.05, 4.69) is 27.7 Å². The maximum absolute atomic E-state index is 10.6. The molecule has 0 fully saturated rings. The highest BCUT2D eigenvalue weighted by Gasteiger charge is 2.11. The first-order valence-corrected chi connectivity index (χ1v) is 4.20. The van der Waals surface area contributed by atoms with E-state index in [0.29, 0.717) is 0 Å². The Labute approximate surface area is 90.1 Å². The van der Waals surface area contributed by atoms with Gasteiger partial charge < -0.3 is 5.73 Å². The van der Waals surface area contributed by atoms with Gasteiger partial charge in [0, 0.05) is 12.3 Å². The van der Waals surface area contributed by atoms with Crippen molar-refractivity contribution in [2.45, 2.75) is 0 Å². The molecule has 0 amide bonds. The highest BCUT2D eigenvalue weighted by Crippen LogP contribution is 2.12. The first kappa shape index (κ1) is 11.0. The Kier molecular flexibility index (Phi) is 3.63. The summed E-state index contributed by atoms with van der Waals surface area (Å²) in [5, 5.41) is 14.1. The molecule has 1 aromatic heterocycles. The summed E-state index contributed by atoms with van der Waals surface area (Å²) < 4.78 is 0. The van der Waals surface area contributed by atoms with Crippen LogP contribution >= 0.6 is 12.2 Å². The van der Waals surface area contributed by atoms with Crippen molar-refractivity contribution in [3.8, 4) is 0 Å². The van der Waals surface area contributed by atoms with Gasteiger partial charge >= 0.3 is 0 Å². The highest BCUT2D eigenvalue weighted by atomic mass is 32.1. The van der Waals surface area contributed by atoms with Gasteiger partial charge in [0.05, 0.1) is 11.1 Å². The Hall–Kier alpha value is -2.09. The summed E-state index contributed by atoms with van der Waals surface area (Å²) in [5.41, 5.74) is 7.38. The van der Waals surface area contributed by atoms with Crippen LogP contribution in [0.15, 0.2) is 23.4 Å². The van der Waals surface area contributed by atoms with Crippen molar-refractivity contribution in [1.82, 2.24) is 10.4 Å². The van der Waals surface area contributed by atoms with Crippen LogP contribution in [0.5, 0.6) is 0 Å². The SMILES string of the molecule is NC(=S)NN=Cc1ncccc1[N+](=O)[O-]. The second kappa shape index (κ2) is 4.96. The Balaban J connectivity index is 2.89. The van der Waals surface area contributed by atoms with E-state index in [-0.39, 0.29) is 16.5 Å². The minimum Gasteiger partial charge on any atom is -0.375 e. The van der Waals surface area contributed by atoms with Crippen LogP contribution in [0, 0.1) is 10.1 Å². The first-order chi connectivity index (χ1) is 7.11. The van der Waals surface area contributed by atoms with Gasteiger partial charge in [-0.15, -0.1) is 0 Å². The molecule has 8 heteroatoms. The monoisotopic (exact) mass is 225 g/mol. The standard InChI is InChI=1S/C7H7N5O2S/c8-7(15)11-10-4-5-6(12(13)14)2-1-3-9-5/h1-4H,(H3,8,11,15). The molecule has 0 aliphatic carbocycles. The summed E-state index contributed by atoms with van der Waals surface area (Å²) >= 11 is 4.49. The van der Waals surface area contributed by atoms with Crippen molar-refractivity contribution in [2.75, 3.05) is 0 Å². The number of nitrogens with two attached hydrogens (primary N) is 1. The molecule has 0 unspecified atom stereocenters. The maximum Gasteiger partial charge on any atom is 0.296 e. The average molecular weight is 225 g/mol. The fourth-order valence-corrected chi connectivity index (χ4v) is 0.873. The van der Waals surface area contributed by atoms with Crippen molar-refractivity contribution in [3.05, 3.63) is 34.1 Å². The molecular formula is C7H7N5O2S. The Morgan fingerprint density at radius 1 is 1.80 bits per heavy atom. The van der Waals surface area contributed by atoms with Gasteiger partial charge in [0.15, 0.2) is 10.8 Å². The molecule has 0 atom stereocenters. The third-order valence-electron chi connectivity index (χ3n) is 1.37. The van der Waals surface area contributed by atoms with Gasteiger partial charge in [-0.25, -0.2) is 4.98 Å². The van der Waals surface area contributed by atoms with E-state index in [1.165, 1.54) is 24.5 Å². The zero-order valence-corrected chi connectivity index (χ0v) is 8.27. The number of hydrogen-bond donors (Lipinski definition) is 2. The van der Waals surface area contributed by atoms with E-state index in [4.69, 9.17) is 5.73 Å². The zero-order chi connectivity index (χ0) is 11.3. The van der Waals surface area contributed by atoms with E-state index in [1.807, 2.05) is 0 Å². The number of nitro groups is 1. The lowest BCUT2D eigenvalue weighted by atomic mass is 10.3. The van der Waals surface area contributed by atoms with Crippen LogP contribution in [0.25, 0.3) is 0 Å². The largest absolute Gasteiger partial charge is 0.375 e. The van der Waals surface area contributed by atoms with Gasteiger partial charge in [-0.1, -0.05) is 0 Å². The van der Waals surface area contributed by atoms with Crippen molar-refractivity contribution in [2.24, 2.45) is 10.8 Å². The fourth-order valence-electron chi connectivity index (χ4n) is 0.820. The number of hydrogen-bond acceptors (Lipinski definition) is 5. The maximum atomic E-state index is 10.6. The molecule has 0 saturated heterocycles. The summed E-state index contributed by atoms with van der Waals surface area (Å²) in [6.07, 6.45) is 2.60. The van der Waals surface area contributed by atoms with Gasteiger partial charge in [0.25, 0.3) is 5.69 Å². The molecule has 1 aromatic rings. The number of pyridine rings is 1. The number of rotatable bonds is 3. The van der Waals surface area contributed by atoms with Gasteiger partial charge in [-0.3, -0.25) is 15.5 Å². The zero-order valence-electron chi connectivity index (χ0n) is 7.45. The fraction of sp³-hybridized carbons (Fsp3) is 0. The summed E-state index contributed by atoms with van der Waals surface area (Å²) in [5.74, 6) is 0. The van der Waals surface area contributed by atoms with Gasteiger partial charge in [0.2, 0.25) is 0 Å². The van der Waals surface area contributed by atoms with Gasteiger partial charge in [-0.05, 0) is 18.3 Å². The van der Waals surface area contributed by atoms with Crippen LogP contribution in [-0.2, 0) is 0 Å². The number of thiocarbonyl (C=S) groups is 1. The normalized spacial score (nSPS) is 10.1. The second-order valence-electron chi connectivity index (χ2n) is 2.40. The van der Waals surface area contributed by atoms with Crippen molar-refractivity contribution < 1.29 is 4.92 Å². The van der Waals surface area contributed by atoms with Gasteiger partial charge in [0.1, 0.15) is 0 Å². The molecular weight excluding hydrogens is 218 g/mol. The highest BCUT2D eigenvalue weighted by molar-refractivity contribution is 7.80. The lowest BCUT2D eigenvalue weighted by Gasteiger charge is -1.95. The lowest BCUT2D eigenvalue weighted by molar-refractivity contribution is -0.385. The van der Waals surface area contributed by atoms with Crippen molar-refractivity contribution in [1.29, 1.82) is 0 Å². The molecule has 15 heavy (non-hydrogen) atoms. The summed E-state index contributed by atoms with van der Waals surface area (Å²) in [4.78, 5) is 13.8. The average Bonchev–Trinajstić information content (AvgIpc) is 2.17. The molecule has 0 spiro atoms. The molecule has 3 N–H and O–H groups in total. The van der Waals surface area contributed by atoms with Crippen LogP contribution in [0.1, 0.15) is 5.69 Å². The summed E-state index contributed by atoms with van der Waals surface area (Å²) in [7, 11) is 0. The van der Waals surface area contributed by atoms with E-state index >= 15 is 0 Å². The first-order valence-electron chi connectivity index (χ1n) is 3.79.